The number of aryl methyl sites for hydroxylation is 1. The van der Waals surface area contributed by atoms with Gasteiger partial charge in [0.1, 0.15) is 5.75 Å². The lowest BCUT2D eigenvalue weighted by molar-refractivity contribution is -0.125. The highest BCUT2D eigenvalue weighted by Gasteiger charge is 2.23. The largest absolute Gasteiger partial charge is 0.478 e. The molecule has 27 heavy (non-hydrogen) atoms. The number of Topliss-reactive ketones (excluding diaryl/α,β-unsaturated/α-hetero) is 1. The van der Waals surface area contributed by atoms with Gasteiger partial charge in [0.05, 0.1) is 11.4 Å². The second-order valence-corrected chi connectivity index (χ2v) is 7.35. The van der Waals surface area contributed by atoms with Crippen molar-refractivity contribution in [3.8, 4) is 5.75 Å². The molecule has 3 rings (SSSR count). The molecule has 1 heterocycles. The van der Waals surface area contributed by atoms with Crippen LogP contribution in [0.5, 0.6) is 5.75 Å². The van der Waals surface area contributed by atoms with Gasteiger partial charge in [0.2, 0.25) is 0 Å². The number of benzene rings is 2. The Morgan fingerprint density at radius 1 is 1.00 bits per heavy atom. The predicted octanol–water partition coefficient (Wildman–Crippen LogP) is 6.28. The summed E-state index contributed by atoms with van der Waals surface area (Å²) in [5, 5.41) is 1.75. The molecule has 0 aliphatic rings. The van der Waals surface area contributed by atoms with Crippen LogP contribution in [-0.4, -0.2) is 10.8 Å². The number of carbonyl (C=O) groups excluding carboxylic acids is 1. The summed E-state index contributed by atoms with van der Waals surface area (Å²) in [7, 11) is 0. The summed E-state index contributed by atoms with van der Waals surface area (Å²) in [5.74, 6) is 0.439. The molecule has 0 amide bonds. The first-order chi connectivity index (χ1) is 12.9. The van der Waals surface area contributed by atoms with Gasteiger partial charge < -0.3 is 4.74 Å². The first-order valence-corrected chi connectivity index (χ1v) is 9.37. The summed E-state index contributed by atoms with van der Waals surface area (Å²) >= 11 is 17.9. The van der Waals surface area contributed by atoms with Gasteiger partial charge in [-0.25, -0.2) is 0 Å². The van der Waals surface area contributed by atoms with Gasteiger partial charge in [-0.3, -0.25) is 9.78 Å². The minimum absolute atomic E-state index is 0.122. The van der Waals surface area contributed by atoms with Crippen LogP contribution in [0.2, 0.25) is 15.1 Å². The quantitative estimate of drug-likeness (QED) is 0.471. The Morgan fingerprint density at radius 3 is 2.33 bits per heavy atom. The number of pyridine rings is 1. The monoisotopic (exact) mass is 419 g/mol. The van der Waals surface area contributed by atoms with Crippen molar-refractivity contribution in [2.24, 2.45) is 0 Å². The van der Waals surface area contributed by atoms with E-state index < -0.39 is 6.10 Å². The van der Waals surface area contributed by atoms with E-state index in [9.17, 15) is 4.79 Å². The molecule has 0 N–H and O–H groups in total. The van der Waals surface area contributed by atoms with Crippen LogP contribution < -0.4 is 4.74 Å². The summed E-state index contributed by atoms with van der Waals surface area (Å²) in [6.45, 7) is 1.88. The molecule has 3 nitrogen and oxygen atoms in total. The van der Waals surface area contributed by atoms with E-state index in [0.29, 0.717) is 32.1 Å². The van der Waals surface area contributed by atoms with E-state index in [4.69, 9.17) is 39.5 Å². The topological polar surface area (TPSA) is 39.2 Å². The number of halogens is 3. The molecule has 2 aromatic carbocycles. The first kappa shape index (κ1) is 19.7. The van der Waals surface area contributed by atoms with E-state index in [1.807, 2.05) is 6.92 Å². The zero-order valence-corrected chi connectivity index (χ0v) is 16.7. The second-order valence-electron chi connectivity index (χ2n) is 6.07. The van der Waals surface area contributed by atoms with Crippen molar-refractivity contribution >= 4 is 40.6 Å². The lowest BCUT2D eigenvalue weighted by Gasteiger charge is -2.19. The van der Waals surface area contributed by atoms with Crippen molar-refractivity contribution in [1.82, 2.24) is 4.98 Å². The van der Waals surface area contributed by atoms with Gasteiger partial charge in [-0.1, -0.05) is 46.9 Å². The molecule has 0 aliphatic heterocycles. The molecular weight excluding hydrogens is 405 g/mol. The van der Waals surface area contributed by atoms with Gasteiger partial charge in [-0.05, 0) is 60.5 Å². The van der Waals surface area contributed by atoms with Gasteiger partial charge in [-0.15, -0.1) is 0 Å². The molecule has 0 saturated heterocycles. The maximum Gasteiger partial charge on any atom is 0.183 e. The summed E-state index contributed by atoms with van der Waals surface area (Å²) in [4.78, 5) is 17.2. The number of aromatic nitrogens is 1. The molecule has 0 saturated carbocycles. The number of ether oxygens (including phenoxy) is 1. The zero-order chi connectivity index (χ0) is 19.4. The van der Waals surface area contributed by atoms with E-state index in [1.54, 1.807) is 54.6 Å². The number of carbonyl (C=O) groups is 1. The molecular formula is C21H16Cl3NO2. The van der Waals surface area contributed by atoms with Gasteiger partial charge >= 0.3 is 0 Å². The Morgan fingerprint density at radius 2 is 1.70 bits per heavy atom. The fraction of sp³-hybridized carbons (Fsp3) is 0.143. The Bertz CT molecular complexity index is 941. The van der Waals surface area contributed by atoms with Crippen LogP contribution in [0, 0.1) is 6.92 Å². The molecule has 3 aromatic rings. The minimum atomic E-state index is -0.791. The van der Waals surface area contributed by atoms with Gasteiger partial charge in [-0.2, -0.15) is 0 Å². The summed E-state index contributed by atoms with van der Waals surface area (Å²) in [6.07, 6.45) is 0.849. The van der Waals surface area contributed by atoms with E-state index in [-0.39, 0.29) is 12.2 Å². The molecule has 0 aliphatic carbocycles. The van der Waals surface area contributed by atoms with E-state index in [2.05, 4.69) is 4.98 Å². The standard InChI is InChI=1S/C21H16Cl3NO2/c1-13-10-18(8-9-19(13)24)27-21(14-2-4-15(22)5-3-14)20(26)11-17-7-6-16(23)12-25-17/h2-10,12,21H,11H2,1H3. The molecule has 0 bridgehead atoms. The van der Waals surface area contributed by atoms with Gasteiger partial charge in [0, 0.05) is 21.9 Å². The van der Waals surface area contributed by atoms with Crippen LogP contribution in [0.3, 0.4) is 0 Å². The van der Waals surface area contributed by atoms with E-state index >= 15 is 0 Å². The number of ketones is 1. The highest BCUT2D eigenvalue weighted by atomic mass is 35.5. The van der Waals surface area contributed by atoms with E-state index in [0.717, 1.165) is 5.56 Å². The van der Waals surface area contributed by atoms with Crippen LogP contribution >= 0.6 is 34.8 Å². The predicted molar refractivity (Wildman–Crippen MR) is 109 cm³/mol. The minimum Gasteiger partial charge on any atom is -0.478 e. The third-order valence-electron chi connectivity index (χ3n) is 3.99. The molecule has 0 spiro atoms. The number of nitrogens with zero attached hydrogens (tertiary/aromatic N) is 1. The second kappa shape index (κ2) is 8.75. The molecule has 138 valence electrons. The molecule has 1 unspecified atom stereocenters. The lowest BCUT2D eigenvalue weighted by Crippen LogP contribution is -2.21. The maximum absolute atomic E-state index is 13.0. The Balaban J connectivity index is 1.88. The SMILES string of the molecule is Cc1cc(OC(C(=O)Cc2ccc(Cl)cn2)c2ccc(Cl)cc2)ccc1Cl. The van der Waals surface area contributed by atoms with Crippen LogP contribution in [0.1, 0.15) is 22.9 Å². The highest BCUT2D eigenvalue weighted by Crippen LogP contribution is 2.28. The summed E-state index contributed by atoms with van der Waals surface area (Å²) < 4.78 is 6.03. The Labute approximate surface area is 172 Å². The third-order valence-corrected chi connectivity index (χ3v) is 4.89. The van der Waals surface area contributed by atoms with Crippen molar-refractivity contribution in [3.05, 3.63) is 92.7 Å². The average molecular weight is 421 g/mol. The molecule has 1 aromatic heterocycles. The van der Waals surface area contributed by atoms with Crippen LogP contribution in [0.4, 0.5) is 0 Å². The van der Waals surface area contributed by atoms with Crippen LogP contribution in [-0.2, 0) is 11.2 Å². The van der Waals surface area contributed by atoms with Crippen molar-refractivity contribution in [1.29, 1.82) is 0 Å². The molecule has 0 radical (unpaired) electrons. The average Bonchev–Trinajstić information content (AvgIpc) is 2.65. The van der Waals surface area contributed by atoms with Crippen LogP contribution in [0.25, 0.3) is 0 Å². The van der Waals surface area contributed by atoms with Gasteiger partial charge in [0.15, 0.2) is 11.9 Å². The zero-order valence-electron chi connectivity index (χ0n) is 14.5. The number of hydrogen-bond acceptors (Lipinski definition) is 3. The third kappa shape index (κ3) is 5.23. The summed E-state index contributed by atoms with van der Waals surface area (Å²) in [5.41, 5.74) is 2.21. The first-order valence-electron chi connectivity index (χ1n) is 8.24. The van der Waals surface area contributed by atoms with Crippen molar-refractivity contribution < 1.29 is 9.53 Å². The Kier molecular flexibility index (Phi) is 6.38. The van der Waals surface area contributed by atoms with Crippen LogP contribution in [0.15, 0.2) is 60.8 Å². The molecule has 6 heteroatoms. The highest BCUT2D eigenvalue weighted by molar-refractivity contribution is 6.31. The van der Waals surface area contributed by atoms with Crippen molar-refractivity contribution in [3.63, 3.8) is 0 Å². The molecule has 1 atom stereocenters. The fourth-order valence-corrected chi connectivity index (χ4v) is 2.92. The smallest absolute Gasteiger partial charge is 0.183 e. The number of rotatable bonds is 6. The fourth-order valence-electron chi connectivity index (χ4n) is 2.57. The maximum atomic E-state index is 13.0. The van der Waals surface area contributed by atoms with Crippen molar-refractivity contribution in [2.45, 2.75) is 19.4 Å². The Hall–Kier alpha value is -2.07. The van der Waals surface area contributed by atoms with E-state index in [1.165, 1.54) is 6.20 Å². The normalized spacial score (nSPS) is 11.9. The summed E-state index contributed by atoms with van der Waals surface area (Å²) in [6, 6.07) is 15.7. The van der Waals surface area contributed by atoms with Crippen molar-refractivity contribution in [2.75, 3.05) is 0 Å². The number of hydrogen-bond donors (Lipinski definition) is 0. The molecule has 0 fully saturated rings. The lowest BCUT2D eigenvalue weighted by atomic mass is 10.0. The van der Waals surface area contributed by atoms with Gasteiger partial charge in [0.25, 0.3) is 0 Å².